The molecule has 0 saturated carbocycles. The normalized spacial score (nSPS) is 13.0. The molecule has 9 nitrogen and oxygen atoms in total. The lowest BCUT2D eigenvalue weighted by Crippen LogP contribution is -2.37. The fourth-order valence-electron chi connectivity index (χ4n) is 14.4. The van der Waals surface area contributed by atoms with E-state index in [9.17, 15) is 19.0 Å². The Bertz CT molecular complexity index is 1830. The molecule has 0 heterocycles. The van der Waals surface area contributed by atoms with Gasteiger partial charge in [0.2, 0.25) is 0 Å². The number of rotatable bonds is 88. The number of phosphoric acid groups is 1. The second-order valence-electron chi connectivity index (χ2n) is 33.1. The van der Waals surface area contributed by atoms with Gasteiger partial charge in [-0.2, -0.15) is 0 Å². The molecule has 0 spiro atoms. The van der Waals surface area contributed by atoms with Crippen molar-refractivity contribution < 1.29 is 42.1 Å². The lowest BCUT2D eigenvalue weighted by Gasteiger charge is -2.24. The number of quaternary nitrogens is 1. The Morgan fingerprint density at radius 2 is 0.524 bits per heavy atom. The highest BCUT2D eigenvalue weighted by Crippen LogP contribution is 2.43. The fraction of sp³-hybridized carbons (Fsp3) is 0.914. The number of carbonyl (C=O) groups excluding carboxylic acids is 2. The van der Waals surface area contributed by atoms with Crippen LogP contribution in [0, 0.1) is 0 Å². The average molecular weight is 1470 g/mol. The van der Waals surface area contributed by atoms with Gasteiger partial charge in [0.25, 0.3) is 0 Å². The molecule has 0 aromatic rings. The predicted molar refractivity (Wildman–Crippen MR) is 451 cm³/mol. The molecule has 0 aliphatic heterocycles. The Labute approximate surface area is 643 Å². The zero-order valence-corrected chi connectivity index (χ0v) is 71.0. The molecule has 10 heteroatoms. The first kappa shape index (κ1) is 101. The van der Waals surface area contributed by atoms with Crippen molar-refractivity contribution in [3.05, 3.63) is 36.5 Å². The summed E-state index contributed by atoms with van der Waals surface area (Å²) in [6, 6.07) is 0. The summed E-state index contributed by atoms with van der Waals surface area (Å²) in [5.74, 6) is -0.766. The van der Waals surface area contributed by atoms with Crippen LogP contribution in [-0.2, 0) is 32.7 Å². The highest BCUT2D eigenvalue weighted by atomic mass is 31.2. The summed E-state index contributed by atoms with van der Waals surface area (Å²) in [5, 5.41) is 0. The van der Waals surface area contributed by atoms with Gasteiger partial charge in [0, 0.05) is 12.8 Å². The molecular formula is C93H181NO8P+. The number of ether oxygens (including phenoxy) is 2. The molecular weight excluding hydrogens is 1290 g/mol. The first-order chi connectivity index (χ1) is 50.5. The lowest BCUT2D eigenvalue weighted by molar-refractivity contribution is -0.870. The Kier molecular flexibility index (Phi) is 82.8. The van der Waals surface area contributed by atoms with Gasteiger partial charge < -0.3 is 18.9 Å². The van der Waals surface area contributed by atoms with E-state index in [1.807, 2.05) is 21.1 Å². The number of allylic oxidation sites excluding steroid dienone is 6. The summed E-state index contributed by atoms with van der Waals surface area (Å²) in [6.07, 6.45) is 112. The second-order valence-corrected chi connectivity index (χ2v) is 34.5. The summed E-state index contributed by atoms with van der Waals surface area (Å²) in [4.78, 5) is 36.1. The van der Waals surface area contributed by atoms with Crippen LogP contribution < -0.4 is 0 Å². The monoisotopic (exact) mass is 1470 g/mol. The summed E-state index contributed by atoms with van der Waals surface area (Å²) < 4.78 is 34.9. The van der Waals surface area contributed by atoms with Crippen LogP contribution >= 0.6 is 7.82 Å². The number of hydrogen-bond donors (Lipinski definition) is 1. The average Bonchev–Trinajstić information content (AvgIpc) is 0.971. The molecule has 0 rings (SSSR count). The summed E-state index contributed by atoms with van der Waals surface area (Å²) in [5.41, 5.74) is 0. The maximum Gasteiger partial charge on any atom is 0.472 e. The van der Waals surface area contributed by atoms with Gasteiger partial charge in [0.05, 0.1) is 27.7 Å². The predicted octanol–water partition coefficient (Wildman–Crippen LogP) is 31.2. The van der Waals surface area contributed by atoms with Crippen molar-refractivity contribution in [3.63, 3.8) is 0 Å². The van der Waals surface area contributed by atoms with Crippen LogP contribution in [0.4, 0.5) is 0 Å². The molecule has 0 aromatic carbocycles. The maximum absolute atomic E-state index is 13.0. The third kappa shape index (κ3) is 89.0. The third-order valence-corrected chi connectivity index (χ3v) is 22.4. The smallest absolute Gasteiger partial charge is 0.462 e. The van der Waals surface area contributed by atoms with Crippen molar-refractivity contribution in [2.24, 2.45) is 0 Å². The molecule has 0 aliphatic carbocycles. The number of carbonyl (C=O) groups is 2. The van der Waals surface area contributed by atoms with Crippen molar-refractivity contribution in [1.29, 1.82) is 0 Å². The first-order valence-electron chi connectivity index (χ1n) is 46.2. The minimum atomic E-state index is -4.39. The van der Waals surface area contributed by atoms with E-state index in [1.165, 1.54) is 417 Å². The van der Waals surface area contributed by atoms with E-state index >= 15 is 0 Å². The molecule has 0 saturated heterocycles. The quantitative estimate of drug-likeness (QED) is 0.0211. The van der Waals surface area contributed by atoms with E-state index in [2.05, 4.69) is 50.3 Å². The van der Waals surface area contributed by atoms with Crippen LogP contribution in [0.15, 0.2) is 36.5 Å². The zero-order valence-electron chi connectivity index (χ0n) is 70.1. The zero-order chi connectivity index (χ0) is 74.7. The molecule has 103 heavy (non-hydrogen) atoms. The van der Waals surface area contributed by atoms with Crippen molar-refractivity contribution in [2.45, 2.75) is 502 Å². The minimum absolute atomic E-state index is 0.0362. The summed E-state index contributed by atoms with van der Waals surface area (Å²) in [6.45, 7) is 4.52. The van der Waals surface area contributed by atoms with Gasteiger partial charge in [0.1, 0.15) is 19.8 Å². The minimum Gasteiger partial charge on any atom is -0.462 e. The van der Waals surface area contributed by atoms with Crippen LogP contribution in [-0.4, -0.2) is 74.9 Å². The molecule has 0 fully saturated rings. The second kappa shape index (κ2) is 84.3. The highest BCUT2D eigenvalue weighted by molar-refractivity contribution is 7.47. The number of nitrogens with zero attached hydrogens (tertiary/aromatic N) is 1. The lowest BCUT2D eigenvalue weighted by atomic mass is 10.0. The van der Waals surface area contributed by atoms with E-state index in [4.69, 9.17) is 18.5 Å². The molecule has 610 valence electrons. The van der Waals surface area contributed by atoms with Crippen molar-refractivity contribution >= 4 is 19.8 Å². The molecule has 0 aliphatic rings. The Hall–Kier alpha value is -1.77. The van der Waals surface area contributed by atoms with Gasteiger partial charge in [-0.05, 0) is 51.4 Å². The largest absolute Gasteiger partial charge is 0.472 e. The number of phosphoric ester groups is 1. The van der Waals surface area contributed by atoms with Gasteiger partial charge in [-0.15, -0.1) is 0 Å². The highest BCUT2D eigenvalue weighted by Gasteiger charge is 2.27. The van der Waals surface area contributed by atoms with Crippen molar-refractivity contribution in [3.8, 4) is 0 Å². The number of unbranched alkanes of at least 4 members (excludes halogenated alkanes) is 68. The molecule has 1 N–H and O–H groups in total. The Morgan fingerprint density at radius 1 is 0.301 bits per heavy atom. The van der Waals surface area contributed by atoms with Crippen molar-refractivity contribution in [2.75, 3.05) is 47.5 Å². The van der Waals surface area contributed by atoms with Crippen LogP contribution in [0.3, 0.4) is 0 Å². The Balaban J connectivity index is 3.82. The van der Waals surface area contributed by atoms with Crippen LogP contribution in [0.5, 0.6) is 0 Å². The molecule has 0 aromatic heterocycles. The SMILES string of the molecule is CCCCCCC/C=C\C/C=C\C/C=C\CCCCCCCCCCCCCCCCCCCCCCCCCCCCC(=O)OC(COC(=O)CCCCCCCCCCCCCCCCCCCCCCCCCCCCCCCCCCCCCCCC)COP(=O)(O)OCC[N+](C)(C)C. The topological polar surface area (TPSA) is 108 Å². The van der Waals surface area contributed by atoms with E-state index in [0.717, 1.165) is 51.4 Å². The van der Waals surface area contributed by atoms with Gasteiger partial charge in [-0.3, -0.25) is 18.6 Å². The standard InChI is InChI=1S/C93H180NO8P/c1-6-8-10-12-14-16-18-20-22-24-26-28-30-32-34-36-38-40-42-44-46-47-48-50-52-54-56-58-60-62-64-66-68-70-72-74-76-78-80-82-84-86-93(96)102-91(90-101-103(97,98)100-88-87-94(3,4)5)89-99-92(95)85-83-81-79-77-75-73-71-69-67-65-63-61-59-57-55-53-51-49-45-43-41-39-37-35-33-31-29-27-25-23-21-19-17-15-13-11-9-7-2/h18,20,24,26,30,32,91H,6-17,19,21-23,25,27-29,31,33-90H2,1-5H3/p+1/b20-18-,26-24-,32-30-. The van der Waals surface area contributed by atoms with Crippen LogP contribution in [0.1, 0.15) is 495 Å². The first-order valence-corrected chi connectivity index (χ1v) is 47.7. The maximum atomic E-state index is 13.0. The number of hydrogen-bond acceptors (Lipinski definition) is 7. The van der Waals surface area contributed by atoms with Crippen molar-refractivity contribution in [1.82, 2.24) is 0 Å². The fourth-order valence-corrected chi connectivity index (χ4v) is 15.1. The summed E-state index contributed by atoms with van der Waals surface area (Å²) >= 11 is 0. The Morgan fingerprint density at radius 3 is 0.777 bits per heavy atom. The number of esters is 2. The van der Waals surface area contributed by atoms with E-state index < -0.39 is 26.5 Å². The van der Waals surface area contributed by atoms with Gasteiger partial charge >= 0.3 is 19.8 Å². The summed E-state index contributed by atoms with van der Waals surface area (Å²) in [7, 11) is 1.51. The van der Waals surface area contributed by atoms with E-state index in [0.29, 0.717) is 17.4 Å². The van der Waals surface area contributed by atoms with Gasteiger partial charge in [0.15, 0.2) is 6.10 Å². The number of likely N-dealkylation sites (N-methyl/N-ethyl adjacent to an activating group) is 1. The van der Waals surface area contributed by atoms with Gasteiger partial charge in [-0.25, -0.2) is 4.57 Å². The molecule has 0 radical (unpaired) electrons. The molecule has 0 amide bonds. The van der Waals surface area contributed by atoms with Gasteiger partial charge in [-0.1, -0.05) is 468 Å². The van der Waals surface area contributed by atoms with E-state index in [-0.39, 0.29) is 25.6 Å². The molecule has 0 bridgehead atoms. The van der Waals surface area contributed by atoms with Crippen LogP contribution in [0.2, 0.25) is 0 Å². The van der Waals surface area contributed by atoms with E-state index in [1.54, 1.807) is 0 Å². The van der Waals surface area contributed by atoms with Crippen LogP contribution in [0.25, 0.3) is 0 Å². The molecule has 2 unspecified atom stereocenters. The molecule has 2 atom stereocenters. The third-order valence-electron chi connectivity index (χ3n) is 21.4.